The summed E-state index contributed by atoms with van der Waals surface area (Å²) < 4.78 is 0. The van der Waals surface area contributed by atoms with Gasteiger partial charge in [-0.3, -0.25) is 0 Å². The van der Waals surface area contributed by atoms with Gasteiger partial charge in [0.15, 0.2) is 0 Å². The Kier molecular flexibility index (Phi) is 3.61. The van der Waals surface area contributed by atoms with Crippen molar-refractivity contribution in [1.82, 2.24) is 0 Å². The zero-order valence-corrected chi connectivity index (χ0v) is 9.38. The lowest BCUT2D eigenvalue weighted by Crippen LogP contribution is -2.10. The van der Waals surface area contributed by atoms with E-state index in [4.69, 9.17) is 0 Å². The molecule has 1 atom stereocenters. The van der Waals surface area contributed by atoms with Gasteiger partial charge in [-0.2, -0.15) is 0 Å². The number of rotatable bonds is 2. The Labute approximate surface area is 101 Å². The third-order valence-electron chi connectivity index (χ3n) is 2.56. The predicted octanol–water partition coefficient (Wildman–Crippen LogP) is 2.68. The highest BCUT2D eigenvalue weighted by Gasteiger charge is 2.13. The minimum Gasteiger partial charge on any atom is -0.507 e. The van der Waals surface area contributed by atoms with E-state index in [9.17, 15) is 10.2 Å². The summed E-state index contributed by atoms with van der Waals surface area (Å²) >= 11 is 0. The van der Waals surface area contributed by atoms with Crippen molar-refractivity contribution in [3.63, 3.8) is 0 Å². The highest BCUT2D eigenvalue weighted by atomic mass is 16.3. The molecule has 0 saturated carbocycles. The van der Waals surface area contributed by atoms with Crippen molar-refractivity contribution in [2.24, 2.45) is 0 Å². The number of allylic oxidation sites excluding steroid dienone is 2. The standard InChI is InChI=1S/C15H14O2/c16-14-10-5-11-15(17)13(14)9-4-8-12-6-2-1-3-7-12/h1-7,10-11,14,16-17H,8H2. The Morgan fingerprint density at radius 2 is 2.00 bits per heavy atom. The Bertz CT molecular complexity index is 503. The van der Waals surface area contributed by atoms with Crippen LogP contribution in [0.5, 0.6) is 0 Å². The molecule has 0 radical (unpaired) electrons. The van der Waals surface area contributed by atoms with Gasteiger partial charge >= 0.3 is 0 Å². The summed E-state index contributed by atoms with van der Waals surface area (Å²) in [6.07, 6.45) is 6.56. The largest absolute Gasteiger partial charge is 0.507 e. The maximum absolute atomic E-state index is 9.63. The molecular weight excluding hydrogens is 212 g/mol. The first-order valence-electron chi connectivity index (χ1n) is 5.52. The molecule has 1 aliphatic carbocycles. The van der Waals surface area contributed by atoms with Crippen molar-refractivity contribution in [3.05, 3.63) is 77.3 Å². The smallest absolute Gasteiger partial charge is 0.129 e. The molecule has 1 unspecified atom stereocenters. The van der Waals surface area contributed by atoms with Crippen molar-refractivity contribution in [2.45, 2.75) is 12.5 Å². The molecule has 0 aromatic heterocycles. The van der Waals surface area contributed by atoms with Crippen LogP contribution < -0.4 is 0 Å². The van der Waals surface area contributed by atoms with Crippen LogP contribution in [0.4, 0.5) is 0 Å². The van der Waals surface area contributed by atoms with Crippen LogP contribution in [0.1, 0.15) is 5.56 Å². The number of hydrogen-bond donors (Lipinski definition) is 2. The monoisotopic (exact) mass is 226 g/mol. The van der Waals surface area contributed by atoms with Crippen LogP contribution in [0, 0.1) is 0 Å². The van der Waals surface area contributed by atoms with Gasteiger partial charge < -0.3 is 10.2 Å². The average molecular weight is 226 g/mol. The molecule has 2 heteroatoms. The van der Waals surface area contributed by atoms with Gasteiger partial charge in [0.25, 0.3) is 0 Å². The lowest BCUT2D eigenvalue weighted by Gasteiger charge is -2.11. The summed E-state index contributed by atoms with van der Waals surface area (Å²) in [5.41, 5.74) is 4.53. The van der Waals surface area contributed by atoms with Crippen LogP contribution >= 0.6 is 0 Å². The van der Waals surface area contributed by atoms with E-state index in [0.29, 0.717) is 5.57 Å². The Morgan fingerprint density at radius 3 is 2.71 bits per heavy atom. The molecule has 2 N–H and O–H groups in total. The van der Waals surface area contributed by atoms with E-state index in [1.54, 1.807) is 18.2 Å². The second-order valence-corrected chi connectivity index (χ2v) is 3.83. The van der Waals surface area contributed by atoms with Gasteiger partial charge in [-0.05, 0) is 24.1 Å². The van der Waals surface area contributed by atoms with Crippen LogP contribution in [0.3, 0.4) is 0 Å². The van der Waals surface area contributed by atoms with E-state index in [0.717, 1.165) is 6.42 Å². The van der Waals surface area contributed by atoms with Gasteiger partial charge in [0.05, 0.1) is 5.57 Å². The quantitative estimate of drug-likeness (QED) is 0.761. The van der Waals surface area contributed by atoms with Crippen molar-refractivity contribution in [1.29, 1.82) is 0 Å². The zero-order chi connectivity index (χ0) is 12.1. The first-order valence-corrected chi connectivity index (χ1v) is 5.52. The van der Waals surface area contributed by atoms with Crippen LogP contribution in [-0.4, -0.2) is 16.3 Å². The minimum atomic E-state index is -0.771. The van der Waals surface area contributed by atoms with Crippen LogP contribution in [0.25, 0.3) is 0 Å². The molecule has 0 heterocycles. The van der Waals surface area contributed by atoms with Gasteiger partial charge in [-0.1, -0.05) is 42.5 Å². The van der Waals surface area contributed by atoms with Crippen LogP contribution in [0.2, 0.25) is 0 Å². The lowest BCUT2D eigenvalue weighted by atomic mass is 10.0. The fourth-order valence-electron chi connectivity index (χ4n) is 1.64. The van der Waals surface area contributed by atoms with E-state index in [1.807, 2.05) is 36.4 Å². The molecular formula is C15H14O2. The highest BCUT2D eigenvalue weighted by molar-refractivity contribution is 5.38. The highest BCUT2D eigenvalue weighted by Crippen LogP contribution is 2.16. The number of aliphatic hydroxyl groups is 2. The summed E-state index contributed by atoms with van der Waals surface area (Å²) in [4.78, 5) is 0. The van der Waals surface area contributed by atoms with Gasteiger partial charge in [0, 0.05) is 0 Å². The molecule has 0 spiro atoms. The minimum absolute atomic E-state index is 0.0734. The summed E-state index contributed by atoms with van der Waals surface area (Å²) in [7, 11) is 0. The number of aliphatic hydroxyl groups excluding tert-OH is 2. The normalized spacial score (nSPS) is 18.5. The molecule has 1 aliphatic rings. The third kappa shape index (κ3) is 2.97. The number of hydrogen-bond acceptors (Lipinski definition) is 2. The van der Waals surface area contributed by atoms with E-state index in [1.165, 1.54) is 5.56 Å². The van der Waals surface area contributed by atoms with Gasteiger partial charge in [0.2, 0.25) is 0 Å². The first kappa shape index (κ1) is 11.5. The van der Waals surface area contributed by atoms with E-state index in [-0.39, 0.29) is 5.76 Å². The molecule has 0 amide bonds. The molecule has 2 nitrogen and oxygen atoms in total. The summed E-state index contributed by atoms with van der Waals surface area (Å²) in [6, 6.07) is 9.97. The summed E-state index contributed by atoms with van der Waals surface area (Å²) in [6.45, 7) is 0. The fraction of sp³-hybridized carbons (Fsp3) is 0.133. The van der Waals surface area contributed by atoms with Gasteiger partial charge in [0.1, 0.15) is 11.9 Å². The van der Waals surface area contributed by atoms with Crippen molar-refractivity contribution in [2.75, 3.05) is 0 Å². The van der Waals surface area contributed by atoms with Gasteiger partial charge in [-0.25, -0.2) is 0 Å². The molecule has 0 bridgehead atoms. The second kappa shape index (κ2) is 5.35. The lowest BCUT2D eigenvalue weighted by molar-refractivity contribution is 0.247. The SMILES string of the molecule is OC1=CC=CC(O)C1=C=CCc1ccccc1. The molecule has 0 aliphatic heterocycles. The maximum atomic E-state index is 9.63. The Balaban J connectivity index is 2.14. The molecule has 1 aromatic rings. The zero-order valence-electron chi connectivity index (χ0n) is 9.38. The fourth-order valence-corrected chi connectivity index (χ4v) is 1.64. The molecule has 0 saturated heterocycles. The van der Waals surface area contributed by atoms with Crippen LogP contribution in [-0.2, 0) is 6.42 Å². The molecule has 2 rings (SSSR count). The predicted molar refractivity (Wildman–Crippen MR) is 67.6 cm³/mol. The van der Waals surface area contributed by atoms with Crippen LogP contribution in [0.15, 0.2) is 71.7 Å². The van der Waals surface area contributed by atoms with Crippen molar-refractivity contribution >= 4 is 0 Å². The van der Waals surface area contributed by atoms with E-state index >= 15 is 0 Å². The Morgan fingerprint density at radius 1 is 1.24 bits per heavy atom. The first-order chi connectivity index (χ1) is 8.27. The van der Waals surface area contributed by atoms with E-state index < -0.39 is 6.10 Å². The Hall–Kier alpha value is -2.02. The second-order valence-electron chi connectivity index (χ2n) is 3.83. The summed E-state index contributed by atoms with van der Waals surface area (Å²) in [5.74, 6) is 0.0734. The maximum Gasteiger partial charge on any atom is 0.129 e. The number of benzene rings is 1. The molecule has 0 fully saturated rings. The average Bonchev–Trinajstić information content (AvgIpc) is 2.34. The molecule has 1 aromatic carbocycles. The molecule has 86 valence electrons. The van der Waals surface area contributed by atoms with E-state index in [2.05, 4.69) is 5.73 Å². The molecule has 17 heavy (non-hydrogen) atoms. The topological polar surface area (TPSA) is 40.5 Å². The summed E-state index contributed by atoms with van der Waals surface area (Å²) in [5, 5.41) is 19.2. The van der Waals surface area contributed by atoms with Crippen molar-refractivity contribution < 1.29 is 10.2 Å². The third-order valence-corrected chi connectivity index (χ3v) is 2.56. The van der Waals surface area contributed by atoms with Gasteiger partial charge in [-0.15, -0.1) is 5.73 Å². The van der Waals surface area contributed by atoms with Crippen molar-refractivity contribution in [3.8, 4) is 0 Å².